The van der Waals surface area contributed by atoms with E-state index in [1.807, 2.05) is 16.8 Å². The van der Waals surface area contributed by atoms with Gasteiger partial charge in [0.2, 0.25) is 0 Å². The number of carbonyl (C=O) groups is 1. The van der Waals surface area contributed by atoms with E-state index in [9.17, 15) is 4.79 Å². The van der Waals surface area contributed by atoms with Gasteiger partial charge < -0.3 is 5.32 Å². The number of carbonyl (C=O) groups excluding carboxylic acids is 1. The van der Waals surface area contributed by atoms with E-state index in [-0.39, 0.29) is 15.9 Å². The standard InChI is InChI=1S/C16H12Cl2N6O/c17-12-7-8-13(18)20-14(12)16(25)19-10-3-1-9(2-4-10)15-21-22-23-24(15)11-5-6-11/h1-4,7-8,11H,5-6H2,(H,19,25). The Balaban J connectivity index is 1.53. The van der Waals surface area contributed by atoms with Crippen molar-refractivity contribution in [3.8, 4) is 11.4 Å². The second-order valence-corrected chi connectivity index (χ2v) is 6.47. The van der Waals surface area contributed by atoms with Crippen molar-refractivity contribution in [3.63, 3.8) is 0 Å². The van der Waals surface area contributed by atoms with Gasteiger partial charge in [-0.25, -0.2) is 9.67 Å². The zero-order valence-corrected chi connectivity index (χ0v) is 14.4. The van der Waals surface area contributed by atoms with Crippen molar-refractivity contribution in [2.24, 2.45) is 0 Å². The number of pyridine rings is 1. The zero-order chi connectivity index (χ0) is 17.4. The van der Waals surface area contributed by atoms with E-state index < -0.39 is 5.91 Å². The minimum atomic E-state index is -0.428. The predicted octanol–water partition coefficient (Wildman–Crippen LogP) is 3.63. The van der Waals surface area contributed by atoms with Gasteiger partial charge in [-0.2, -0.15) is 0 Å². The lowest BCUT2D eigenvalue weighted by Gasteiger charge is -2.07. The fraction of sp³-hybridized carbons (Fsp3) is 0.188. The molecule has 25 heavy (non-hydrogen) atoms. The van der Waals surface area contributed by atoms with Gasteiger partial charge in [0.05, 0.1) is 11.1 Å². The molecule has 3 aromatic rings. The van der Waals surface area contributed by atoms with Crippen LogP contribution in [-0.4, -0.2) is 31.1 Å². The molecule has 0 spiro atoms. The van der Waals surface area contributed by atoms with E-state index in [0.29, 0.717) is 11.7 Å². The van der Waals surface area contributed by atoms with Gasteiger partial charge in [0.1, 0.15) is 10.8 Å². The zero-order valence-electron chi connectivity index (χ0n) is 12.9. The largest absolute Gasteiger partial charge is 0.321 e. The highest BCUT2D eigenvalue weighted by atomic mass is 35.5. The molecule has 9 heteroatoms. The maximum absolute atomic E-state index is 12.3. The van der Waals surface area contributed by atoms with Crippen LogP contribution in [-0.2, 0) is 0 Å². The molecule has 0 atom stereocenters. The summed E-state index contributed by atoms with van der Waals surface area (Å²) in [6, 6.07) is 10.7. The fourth-order valence-electron chi connectivity index (χ4n) is 2.42. The number of nitrogens with zero attached hydrogens (tertiary/aromatic N) is 5. The van der Waals surface area contributed by atoms with Crippen LogP contribution in [0.1, 0.15) is 29.4 Å². The summed E-state index contributed by atoms with van der Waals surface area (Å²) in [5.41, 5.74) is 1.57. The summed E-state index contributed by atoms with van der Waals surface area (Å²) < 4.78 is 1.84. The number of anilines is 1. The molecule has 1 aliphatic carbocycles. The minimum absolute atomic E-state index is 0.0796. The number of aromatic nitrogens is 5. The van der Waals surface area contributed by atoms with Gasteiger partial charge in [0.15, 0.2) is 5.82 Å². The number of rotatable bonds is 4. The molecular formula is C16H12Cl2N6O. The Morgan fingerprint density at radius 1 is 1.12 bits per heavy atom. The average molecular weight is 375 g/mol. The highest BCUT2D eigenvalue weighted by molar-refractivity contribution is 6.35. The number of benzene rings is 1. The van der Waals surface area contributed by atoms with Crippen molar-refractivity contribution in [2.45, 2.75) is 18.9 Å². The first-order valence-electron chi connectivity index (χ1n) is 7.63. The third-order valence-corrected chi connectivity index (χ3v) is 4.33. The van der Waals surface area contributed by atoms with Gasteiger partial charge >= 0.3 is 0 Å². The van der Waals surface area contributed by atoms with Crippen LogP contribution in [0.2, 0.25) is 10.2 Å². The summed E-state index contributed by atoms with van der Waals surface area (Å²) in [5.74, 6) is 0.294. The highest BCUT2D eigenvalue weighted by Crippen LogP contribution is 2.36. The lowest BCUT2D eigenvalue weighted by molar-refractivity contribution is 0.102. The fourth-order valence-corrected chi connectivity index (χ4v) is 2.76. The summed E-state index contributed by atoms with van der Waals surface area (Å²) in [7, 11) is 0. The molecule has 1 aromatic carbocycles. The first-order chi connectivity index (χ1) is 12.1. The van der Waals surface area contributed by atoms with Gasteiger partial charge in [-0.3, -0.25) is 4.79 Å². The summed E-state index contributed by atoms with van der Waals surface area (Å²) in [6.07, 6.45) is 2.19. The first kappa shape index (κ1) is 16.0. The number of hydrogen-bond acceptors (Lipinski definition) is 5. The topological polar surface area (TPSA) is 85.6 Å². The number of tetrazole rings is 1. The van der Waals surface area contributed by atoms with E-state index in [1.165, 1.54) is 12.1 Å². The van der Waals surface area contributed by atoms with E-state index >= 15 is 0 Å². The molecule has 1 amide bonds. The van der Waals surface area contributed by atoms with Crippen LogP contribution in [0.5, 0.6) is 0 Å². The Morgan fingerprint density at radius 3 is 2.60 bits per heavy atom. The smallest absolute Gasteiger partial charge is 0.275 e. The number of hydrogen-bond donors (Lipinski definition) is 1. The van der Waals surface area contributed by atoms with Crippen LogP contribution in [0.15, 0.2) is 36.4 Å². The Hall–Kier alpha value is -2.51. The molecule has 1 aliphatic rings. The molecule has 2 heterocycles. The molecule has 2 aromatic heterocycles. The van der Waals surface area contributed by atoms with Crippen LogP contribution in [0.4, 0.5) is 5.69 Å². The van der Waals surface area contributed by atoms with E-state index in [2.05, 4.69) is 25.8 Å². The van der Waals surface area contributed by atoms with Crippen LogP contribution < -0.4 is 5.32 Å². The van der Waals surface area contributed by atoms with Crippen LogP contribution in [0.3, 0.4) is 0 Å². The van der Waals surface area contributed by atoms with Crippen LogP contribution >= 0.6 is 23.2 Å². The summed E-state index contributed by atoms with van der Waals surface area (Å²) in [6.45, 7) is 0. The van der Waals surface area contributed by atoms with Crippen molar-refractivity contribution >= 4 is 34.8 Å². The van der Waals surface area contributed by atoms with Crippen molar-refractivity contribution in [2.75, 3.05) is 5.32 Å². The Labute approximate surface area is 153 Å². The molecule has 0 saturated heterocycles. The Morgan fingerprint density at radius 2 is 1.88 bits per heavy atom. The summed E-state index contributed by atoms with van der Waals surface area (Å²) in [5, 5.41) is 15.0. The third-order valence-electron chi connectivity index (χ3n) is 3.81. The lowest BCUT2D eigenvalue weighted by Crippen LogP contribution is -2.14. The highest BCUT2D eigenvalue weighted by Gasteiger charge is 2.28. The van der Waals surface area contributed by atoms with E-state index in [4.69, 9.17) is 23.2 Å². The van der Waals surface area contributed by atoms with E-state index in [0.717, 1.165) is 24.2 Å². The second-order valence-electron chi connectivity index (χ2n) is 5.67. The summed E-state index contributed by atoms with van der Waals surface area (Å²) >= 11 is 11.8. The number of halogens is 2. The van der Waals surface area contributed by atoms with Gasteiger partial charge in [-0.15, -0.1) is 5.10 Å². The van der Waals surface area contributed by atoms with Crippen molar-refractivity contribution in [1.29, 1.82) is 0 Å². The SMILES string of the molecule is O=C(Nc1ccc(-c2nnnn2C2CC2)cc1)c1nc(Cl)ccc1Cl. The molecule has 0 unspecified atom stereocenters. The van der Waals surface area contributed by atoms with Gasteiger partial charge in [-0.05, 0) is 59.7 Å². The molecule has 126 valence electrons. The molecule has 1 fully saturated rings. The quantitative estimate of drug-likeness (QED) is 0.704. The molecule has 0 radical (unpaired) electrons. The molecule has 1 N–H and O–H groups in total. The first-order valence-corrected chi connectivity index (χ1v) is 8.39. The van der Waals surface area contributed by atoms with E-state index in [1.54, 1.807) is 12.1 Å². The maximum atomic E-state index is 12.3. The Bertz CT molecular complexity index is 936. The molecular weight excluding hydrogens is 363 g/mol. The minimum Gasteiger partial charge on any atom is -0.321 e. The second kappa shape index (κ2) is 6.42. The molecule has 7 nitrogen and oxygen atoms in total. The summed E-state index contributed by atoms with van der Waals surface area (Å²) in [4.78, 5) is 16.3. The van der Waals surface area contributed by atoms with Crippen molar-refractivity contribution < 1.29 is 4.79 Å². The van der Waals surface area contributed by atoms with Gasteiger partial charge in [0.25, 0.3) is 5.91 Å². The van der Waals surface area contributed by atoms with Crippen molar-refractivity contribution in [3.05, 3.63) is 52.3 Å². The lowest BCUT2D eigenvalue weighted by atomic mass is 10.2. The number of nitrogens with one attached hydrogen (secondary N) is 1. The van der Waals surface area contributed by atoms with Gasteiger partial charge in [-0.1, -0.05) is 23.2 Å². The normalized spacial score (nSPS) is 13.7. The third kappa shape index (κ3) is 3.33. The molecule has 4 rings (SSSR count). The predicted molar refractivity (Wildman–Crippen MR) is 93.7 cm³/mol. The van der Waals surface area contributed by atoms with Gasteiger partial charge in [0, 0.05) is 11.3 Å². The Kier molecular flexibility index (Phi) is 4.10. The molecule has 0 aliphatic heterocycles. The van der Waals surface area contributed by atoms with Crippen molar-refractivity contribution in [1.82, 2.24) is 25.2 Å². The average Bonchev–Trinajstić information content (AvgIpc) is 3.34. The molecule has 1 saturated carbocycles. The maximum Gasteiger partial charge on any atom is 0.275 e. The van der Waals surface area contributed by atoms with Crippen LogP contribution in [0, 0.1) is 0 Å². The monoisotopic (exact) mass is 374 g/mol. The number of amides is 1. The molecule has 0 bridgehead atoms. The van der Waals surface area contributed by atoms with Crippen LogP contribution in [0.25, 0.3) is 11.4 Å².